The fourth-order valence-corrected chi connectivity index (χ4v) is 2.84. The van der Waals surface area contributed by atoms with Crippen LogP contribution < -0.4 is 15.4 Å². The van der Waals surface area contributed by atoms with Crippen LogP contribution in [0.5, 0.6) is 5.75 Å². The summed E-state index contributed by atoms with van der Waals surface area (Å²) in [5.74, 6) is -2.10. The van der Waals surface area contributed by atoms with Crippen molar-refractivity contribution in [3.05, 3.63) is 72.3 Å². The molecular formula is C23H25F3N4O4. The van der Waals surface area contributed by atoms with Crippen molar-refractivity contribution < 1.29 is 32.6 Å². The third-order valence-corrected chi connectivity index (χ3v) is 4.44. The van der Waals surface area contributed by atoms with Crippen molar-refractivity contribution in [2.24, 2.45) is 0 Å². The van der Waals surface area contributed by atoms with E-state index in [-0.39, 0.29) is 6.03 Å². The molecule has 182 valence electrons. The lowest BCUT2D eigenvalue weighted by molar-refractivity contribution is -0.192. The second-order valence-corrected chi connectivity index (χ2v) is 7.08. The third kappa shape index (κ3) is 8.49. The number of rotatable bonds is 7. The maximum Gasteiger partial charge on any atom is 0.490 e. The van der Waals surface area contributed by atoms with Crippen LogP contribution >= 0.6 is 0 Å². The Morgan fingerprint density at radius 3 is 2.38 bits per heavy atom. The number of benzene rings is 2. The molecule has 0 atom stereocenters. The number of imidazole rings is 1. The van der Waals surface area contributed by atoms with Crippen molar-refractivity contribution in [1.82, 2.24) is 14.9 Å². The molecule has 0 radical (unpaired) electrons. The number of aliphatic carboxylic acids is 1. The molecule has 0 aliphatic heterocycles. The standard InChI is InChI=1S/C21H24N4O2.C2HF3O2/c1-16-14-25(15-23-16)19-11-10-18(13-20(19)27-2)24-21(26)22-12-6-9-17-7-4-3-5-8-17;3-2(4,5)1(6)7/h3-5,7-8,10-11,13-15H,6,9,12H2,1-2H3,(H2,22,24,26);(H,6,7). The number of aromatic nitrogens is 2. The minimum atomic E-state index is -5.08. The first kappa shape index (κ1) is 26.2. The van der Waals surface area contributed by atoms with Crippen LogP contribution in [0.2, 0.25) is 0 Å². The van der Waals surface area contributed by atoms with Crippen LogP contribution in [0.1, 0.15) is 17.7 Å². The minimum Gasteiger partial charge on any atom is -0.494 e. The Kier molecular flexibility index (Phi) is 9.48. The van der Waals surface area contributed by atoms with Gasteiger partial charge in [0.2, 0.25) is 0 Å². The van der Waals surface area contributed by atoms with Crippen molar-refractivity contribution in [1.29, 1.82) is 0 Å². The second kappa shape index (κ2) is 12.3. The van der Waals surface area contributed by atoms with E-state index in [1.54, 1.807) is 19.5 Å². The summed E-state index contributed by atoms with van der Waals surface area (Å²) in [5, 5.41) is 12.9. The van der Waals surface area contributed by atoms with Crippen LogP contribution in [0.25, 0.3) is 5.69 Å². The van der Waals surface area contributed by atoms with Gasteiger partial charge in [-0.05, 0) is 37.5 Å². The molecule has 3 aromatic rings. The van der Waals surface area contributed by atoms with Crippen LogP contribution in [-0.4, -0.2) is 46.5 Å². The van der Waals surface area contributed by atoms with E-state index in [4.69, 9.17) is 14.6 Å². The number of carbonyl (C=O) groups is 2. The molecule has 1 heterocycles. The van der Waals surface area contributed by atoms with Crippen molar-refractivity contribution in [2.75, 3.05) is 19.0 Å². The fourth-order valence-electron chi connectivity index (χ4n) is 2.84. The van der Waals surface area contributed by atoms with Crippen LogP contribution in [0.3, 0.4) is 0 Å². The van der Waals surface area contributed by atoms with E-state index in [2.05, 4.69) is 27.8 Å². The molecule has 2 aromatic carbocycles. The summed E-state index contributed by atoms with van der Waals surface area (Å²) in [6, 6.07) is 15.6. The first-order valence-corrected chi connectivity index (χ1v) is 10.2. The average Bonchev–Trinajstić information content (AvgIpc) is 3.23. The summed E-state index contributed by atoms with van der Waals surface area (Å²) in [5.41, 5.74) is 3.74. The van der Waals surface area contributed by atoms with E-state index in [0.717, 1.165) is 24.2 Å². The maximum atomic E-state index is 12.1. The van der Waals surface area contributed by atoms with E-state index >= 15 is 0 Å². The number of ether oxygens (including phenoxy) is 1. The zero-order valence-electron chi connectivity index (χ0n) is 18.6. The van der Waals surface area contributed by atoms with Crippen LogP contribution in [0, 0.1) is 6.92 Å². The molecule has 0 saturated carbocycles. The lowest BCUT2D eigenvalue weighted by atomic mass is 10.1. The van der Waals surface area contributed by atoms with E-state index < -0.39 is 12.1 Å². The van der Waals surface area contributed by atoms with E-state index in [9.17, 15) is 18.0 Å². The minimum absolute atomic E-state index is 0.226. The number of carbonyl (C=O) groups excluding carboxylic acids is 1. The number of hydrogen-bond acceptors (Lipinski definition) is 4. The van der Waals surface area contributed by atoms with Gasteiger partial charge in [-0.3, -0.25) is 0 Å². The first-order valence-electron chi connectivity index (χ1n) is 10.2. The fraction of sp³-hybridized carbons (Fsp3) is 0.261. The molecule has 0 unspecified atom stereocenters. The number of nitrogens with one attached hydrogen (secondary N) is 2. The van der Waals surface area contributed by atoms with Gasteiger partial charge in [0.15, 0.2) is 0 Å². The summed E-state index contributed by atoms with van der Waals surface area (Å²) in [6.45, 7) is 2.55. The Hall–Kier alpha value is -4.02. The zero-order chi connectivity index (χ0) is 25.1. The monoisotopic (exact) mass is 478 g/mol. The highest BCUT2D eigenvalue weighted by Crippen LogP contribution is 2.26. The number of alkyl halides is 3. The number of nitrogens with zero attached hydrogens (tertiary/aromatic N) is 2. The highest BCUT2D eigenvalue weighted by Gasteiger charge is 2.38. The lowest BCUT2D eigenvalue weighted by Gasteiger charge is -2.12. The molecule has 11 heteroatoms. The van der Waals surface area contributed by atoms with E-state index in [1.807, 2.05) is 48.0 Å². The van der Waals surface area contributed by atoms with Crippen LogP contribution in [0.15, 0.2) is 61.1 Å². The van der Waals surface area contributed by atoms with Gasteiger partial charge in [-0.1, -0.05) is 30.3 Å². The van der Waals surface area contributed by atoms with Gasteiger partial charge in [0.05, 0.1) is 24.8 Å². The van der Waals surface area contributed by atoms with Crippen molar-refractivity contribution in [3.63, 3.8) is 0 Å². The Morgan fingerprint density at radius 2 is 1.82 bits per heavy atom. The second-order valence-electron chi connectivity index (χ2n) is 7.08. The zero-order valence-corrected chi connectivity index (χ0v) is 18.6. The molecule has 0 spiro atoms. The summed E-state index contributed by atoms with van der Waals surface area (Å²) >= 11 is 0. The van der Waals surface area contributed by atoms with Crippen molar-refractivity contribution >= 4 is 17.7 Å². The Bertz CT molecular complexity index is 1090. The number of urea groups is 1. The highest BCUT2D eigenvalue weighted by atomic mass is 19.4. The van der Waals surface area contributed by atoms with Gasteiger partial charge < -0.3 is 25.0 Å². The molecule has 1 aromatic heterocycles. The van der Waals surface area contributed by atoms with Gasteiger partial charge in [0.1, 0.15) is 5.75 Å². The molecule has 3 N–H and O–H groups in total. The number of hydrogen-bond donors (Lipinski definition) is 3. The van der Waals surface area contributed by atoms with Crippen LogP contribution in [0.4, 0.5) is 23.7 Å². The molecule has 2 amide bonds. The maximum absolute atomic E-state index is 12.1. The topological polar surface area (TPSA) is 105 Å². The number of carboxylic acid groups (broad SMARTS) is 1. The van der Waals surface area contributed by atoms with Gasteiger partial charge in [-0.2, -0.15) is 13.2 Å². The number of amides is 2. The molecule has 0 fully saturated rings. The smallest absolute Gasteiger partial charge is 0.490 e. The molecule has 0 aliphatic carbocycles. The quantitative estimate of drug-likeness (QED) is 0.431. The number of anilines is 1. The van der Waals surface area contributed by atoms with E-state index in [0.29, 0.717) is 18.0 Å². The summed E-state index contributed by atoms with van der Waals surface area (Å²) in [6.07, 6.45) is 0.401. The summed E-state index contributed by atoms with van der Waals surface area (Å²) < 4.78 is 39.1. The molecule has 0 aliphatic rings. The van der Waals surface area contributed by atoms with Gasteiger partial charge in [0, 0.05) is 24.5 Å². The van der Waals surface area contributed by atoms with Gasteiger partial charge >= 0.3 is 18.2 Å². The number of methoxy groups -OCH3 is 1. The Balaban J connectivity index is 0.000000509. The Labute approximate surface area is 194 Å². The summed E-state index contributed by atoms with van der Waals surface area (Å²) in [4.78, 5) is 25.2. The average molecular weight is 478 g/mol. The van der Waals surface area contributed by atoms with Gasteiger partial charge in [-0.15, -0.1) is 0 Å². The predicted octanol–water partition coefficient (Wildman–Crippen LogP) is 4.58. The third-order valence-electron chi connectivity index (χ3n) is 4.44. The molecule has 0 saturated heterocycles. The van der Waals surface area contributed by atoms with Gasteiger partial charge in [-0.25, -0.2) is 14.6 Å². The van der Waals surface area contributed by atoms with Gasteiger partial charge in [0.25, 0.3) is 0 Å². The Morgan fingerprint density at radius 1 is 1.15 bits per heavy atom. The molecule has 3 rings (SSSR count). The first-order chi connectivity index (χ1) is 16.1. The lowest BCUT2D eigenvalue weighted by Crippen LogP contribution is -2.29. The molecule has 34 heavy (non-hydrogen) atoms. The molecular weight excluding hydrogens is 453 g/mol. The number of aryl methyl sites for hydroxylation is 2. The largest absolute Gasteiger partial charge is 0.494 e. The number of halogens is 3. The number of carboxylic acids is 1. The normalized spacial score (nSPS) is 10.6. The highest BCUT2D eigenvalue weighted by molar-refractivity contribution is 5.89. The molecule has 8 nitrogen and oxygen atoms in total. The molecule has 0 bridgehead atoms. The van der Waals surface area contributed by atoms with Crippen molar-refractivity contribution in [3.8, 4) is 11.4 Å². The van der Waals surface area contributed by atoms with Crippen LogP contribution in [-0.2, 0) is 11.2 Å². The van der Waals surface area contributed by atoms with E-state index in [1.165, 1.54) is 5.56 Å². The SMILES string of the molecule is COc1cc(NC(=O)NCCCc2ccccc2)ccc1-n1cnc(C)c1.O=C(O)C(F)(F)F. The predicted molar refractivity (Wildman–Crippen MR) is 120 cm³/mol. The van der Waals surface area contributed by atoms with Crippen molar-refractivity contribution in [2.45, 2.75) is 25.9 Å². The summed E-state index contributed by atoms with van der Waals surface area (Å²) in [7, 11) is 1.61.